The molecule has 5 nitrogen and oxygen atoms in total. The molecule has 0 spiro atoms. The van der Waals surface area contributed by atoms with Crippen LogP contribution in [-0.4, -0.2) is 28.3 Å². The second-order valence-corrected chi connectivity index (χ2v) is 3.37. The summed E-state index contributed by atoms with van der Waals surface area (Å²) in [4.78, 5) is 15.4. The van der Waals surface area contributed by atoms with Crippen LogP contribution in [-0.2, 0) is 0 Å². The molecule has 0 unspecified atom stereocenters. The maximum absolute atomic E-state index is 4.24. The van der Waals surface area contributed by atoms with E-state index in [1.54, 1.807) is 25.8 Å². The largest absolute Gasteiger partial charge is 0.344 e. The lowest BCUT2D eigenvalue weighted by Crippen LogP contribution is -2.09. The van der Waals surface area contributed by atoms with Crippen molar-refractivity contribution in [2.75, 3.05) is 7.05 Å². The fourth-order valence-corrected chi connectivity index (χ4v) is 1.34. The van der Waals surface area contributed by atoms with Crippen molar-refractivity contribution in [3.63, 3.8) is 0 Å². The van der Waals surface area contributed by atoms with E-state index in [0.717, 1.165) is 11.4 Å². The zero-order valence-corrected chi connectivity index (χ0v) is 9.51. The maximum atomic E-state index is 4.24. The number of aromatic amines is 1. The van der Waals surface area contributed by atoms with E-state index >= 15 is 0 Å². The quantitative estimate of drug-likeness (QED) is 0.617. The first-order valence-electron chi connectivity index (χ1n) is 5.14. The van der Waals surface area contributed by atoms with Crippen molar-refractivity contribution in [2.24, 2.45) is 4.99 Å². The van der Waals surface area contributed by atoms with E-state index in [2.05, 4.69) is 31.8 Å². The molecule has 86 valence electrons. The highest BCUT2D eigenvalue weighted by Crippen LogP contribution is 2.15. The molecule has 0 fully saturated rings. The van der Waals surface area contributed by atoms with Crippen molar-refractivity contribution in [2.45, 2.75) is 0 Å². The Kier molecular flexibility index (Phi) is 3.30. The lowest BCUT2D eigenvalue weighted by Gasteiger charge is -2.00. The summed E-state index contributed by atoms with van der Waals surface area (Å²) in [6.07, 6.45) is 5.03. The standard InChI is InChI=1S/C12H13N5/c1-9(16-8-13-2)12-15-7-11(17-12)10-5-3-4-6-14-10/h3-8H,1H2,2H3,(H,13,16)(H,15,17). The third kappa shape index (κ3) is 2.57. The molecule has 2 rings (SSSR count). The second-order valence-electron chi connectivity index (χ2n) is 3.37. The molecule has 17 heavy (non-hydrogen) atoms. The zero-order valence-electron chi connectivity index (χ0n) is 9.51. The number of aromatic nitrogens is 3. The first-order valence-corrected chi connectivity index (χ1v) is 5.14. The van der Waals surface area contributed by atoms with Crippen molar-refractivity contribution >= 4 is 12.0 Å². The fraction of sp³-hybridized carbons (Fsp3) is 0.0833. The van der Waals surface area contributed by atoms with Crippen LogP contribution in [0.4, 0.5) is 0 Å². The van der Waals surface area contributed by atoms with Gasteiger partial charge in [0, 0.05) is 13.2 Å². The van der Waals surface area contributed by atoms with Gasteiger partial charge in [0.05, 0.1) is 29.6 Å². The van der Waals surface area contributed by atoms with Crippen LogP contribution in [0.3, 0.4) is 0 Å². The van der Waals surface area contributed by atoms with Crippen LogP contribution >= 0.6 is 0 Å². The molecule has 0 aromatic carbocycles. The number of H-pyrrole nitrogens is 1. The molecule has 2 N–H and O–H groups in total. The number of pyridine rings is 1. The summed E-state index contributed by atoms with van der Waals surface area (Å²) in [5.74, 6) is 0.672. The number of nitrogens with zero attached hydrogens (tertiary/aromatic N) is 3. The smallest absolute Gasteiger partial charge is 0.153 e. The van der Waals surface area contributed by atoms with Gasteiger partial charge in [0.1, 0.15) is 0 Å². The van der Waals surface area contributed by atoms with E-state index in [4.69, 9.17) is 0 Å². The number of imidazole rings is 1. The third-order valence-electron chi connectivity index (χ3n) is 2.17. The molecule has 0 atom stereocenters. The van der Waals surface area contributed by atoms with Crippen molar-refractivity contribution < 1.29 is 0 Å². The topological polar surface area (TPSA) is 66.0 Å². The summed E-state index contributed by atoms with van der Waals surface area (Å²) in [5.41, 5.74) is 2.37. The summed E-state index contributed by atoms with van der Waals surface area (Å²) in [7, 11) is 1.68. The van der Waals surface area contributed by atoms with Gasteiger partial charge in [0.2, 0.25) is 0 Å². The molecule has 0 aliphatic carbocycles. The van der Waals surface area contributed by atoms with E-state index in [1.165, 1.54) is 0 Å². The summed E-state index contributed by atoms with van der Waals surface area (Å²) in [6, 6.07) is 5.72. The summed E-state index contributed by atoms with van der Waals surface area (Å²) in [5, 5.41) is 2.91. The molecular formula is C12H13N5. The molecule has 0 aliphatic rings. The molecule has 2 heterocycles. The van der Waals surface area contributed by atoms with Crippen molar-refractivity contribution in [1.29, 1.82) is 0 Å². The lowest BCUT2D eigenvalue weighted by molar-refractivity contribution is 1.17. The number of rotatable bonds is 4. The van der Waals surface area contributed by atoms with Crippen LogP contribution in [0.1, 0.15) is 5.82 Å². The molecule has 5 heteroatoms. The molecule has 2 aromatic rings. The van der Waals surface area contributed by atoms with Gasteiger partial charge in [-0.15, -0.1) is 0 Å². The van der Waals surface area contributed by atoms with Gasteiger partial charge in [-0.2, -0.15) is 0 Å². The molecule has 0 aliphatic heterocycles. The molecular weight excluding hydrogens is 214 g/mol. The Morgan fingerprint density at radius 2 is 2.35 bits per heavy atom. The van der Waals surface area contributed by atoms with Gasteiger partial charge in [-0.1, -0.05) is 12.6 Å². The van der Waals surface area contributed by atoms with Gasteiger partial charge in [-0.05, 0) is 12.1 Å². The summed E-state index contributed by atoms with van der Waals surface area (Å²) >= 11 is 0. The third-order valence-corrected chi connectivity index (χ3v) is 2.17. The van der Waals surface area contributed by atoms with Gasteiger partial charge in [0.15, 0.2) is 5.82 Å². The van der Waals surface area contributed by atoms with E-state index in [-0.39, 0.29) is 0 Å². The van der Waals surface area contributed by atoms with Gasteiger partial charge in [0.25, 0.3) is 0 Å². The number of hydrogen-bond donors (Lipinski definition) is 2. The monoisotopic (exact) mass is 227 g/mol. The Labute approximate surface area is 99.4 Å². The van der Waals surface area contributed by atoms with Gasteiger partial charge >= 0.3 is 0 Å². The molecule has 0 bridgehead atoms. The highest BCUT2D eigenvalue weighted by molar-refractivity contribution is 5.72. The first-order chi connectivity index (χ1) is 8.31. The minimum Gasteiger partial charge on any atom is -0.344 e. The Balaban J connectivity index is 2.19. The average molecular weight is 227 g/mol. The lowest BCUT2D eigenvalue weighted by atomic mass is 10.3. The minimum atomic E-state index is 0.665. The molecule has 2 aromatic heterocycles. The van der Waals surface area contributed by atoms with Crippen molar-refractivity contribution in [3.05, 3.63) is 43.0 Å². The van der Waals surface area contributed by atoms with Crippen LogP contribution in [0.15, 0.2) is 42.2 Å². The predicted molar refractivity (Wildman–Crippen MR) is 68.4 cm³/mol. The number of hydrogen-bond acceptors (Lipinski definition) is 3. The van der Waals surface area contributed by atoms with E-state index < -0.39 is 0 Å². The van der Waals surface area contributed by atoms with Crippen molar-refractivity contribution in [3.8, 4) is 11.4 Å². The summed E-state index contributed by atoms with van der Waals surface area (Å²) < 4.78 is 0. The van der Waals surface area contributed by atoms with Gasteiger partial charge < -0.3 is 10.3 Å². The van der Waals surface area contributed by atoms with Crippen LogP contribution in [0, 0.1) is 0 Å². The van der Waals surface area contributed by atoms with Crippen LogP contribution in [0.25, 0.3) is 17.1 Å². The minimum absolute atomic E-state index is 0.665. The van der Waals surface area contributed by atoms with E-state index in [0.29, 0.717) is 11.5 Å². The Bertz CT molecular complexity index is 527. The van der Waals surface area contributed by atoms with E-state index in [1.807, 2.05) is 18.2 Å². The maximum Gasteiger partial charge on any atom is 0.153 e. The number of nitrogens with one attached hydrogen (secondary N) is 2. The van der Waals surface area contributed by atoms with Crippen LogP contribution < -0.4 is 5.32 Å². The zero-order chi connectivity index (χ0) is 12.1. The molecule has 0 radical (unpaired) electrons. The fourth-order valence-electron chi connectivity index (χ4n) is 1.34. The van der Waals surface area contributed by atoms with Gasteiger partial charge in [-0.25, -0.2) is 4.98 Å². The number of aliphatic imine (C=N–C) groups is 1. The molecule has 0 saturated carbocycles. The Morgan fingerprint density at radius 3 is 3.06 bits per heavy atom. The molecule has 0 amide bonds. The average Bonchev–Trinajstić information content (AvgIpc) is 2.86. The predicted octanol–water partition coefficient (Wildman–Crippen LogP) is 1.69. The van der Waals surface area contributed by atoms with Gasteiger partial charge in [-0.3, -0.25) is 9.98 Å². The highest BCUT2D eigenvalue weighted by atomic mass is 15.0. The SMILES string of the molecule is C=C(NC=NC)c1ncc(-c2ccccn2)[nH]1. The molecule has 0 saturated heterocycles. The van der Waals surface area contributed by atoms with Crippen LogP contribution in [0.2, 0.25) is 0 Å². The van der Waals surface area contributed by atoms with E-state index in [9.17, 15) is 0 Å². The normalized spacial score (nSPS) is 10.6. The second kappa shape index (κ2) is 5.07. The van der Waals surface area contributed by atoms with Crippen molar-refractivity contribution in [1.82, 2.24) is 20.3 Å². The summed E-state index contributed by atoms with van der Waals surface area (Å²) in [6.45, 7) is 3.85. The first kappa shape index (κ1) is 11.1. The Hall–Kier alpha value is -2.43. The highest BCUT2D eigenvalue weighted by Gasteiger charge is 2.05. The Morgan fingerprint density at radius 1 is 1.47 bits per heavy atom. The van der Waals surface area contributed by atoms with Crippen LogP contribution in [0.5, 0.6) is 0 Å².